The monoisotopic (exact) mass is 394 g/mol. The van der Waals surface area contributed by atoms with E-state index < -0.39 is 11.9 Å². The van der Waals surface area contributed by atoms with Gasteiger partial charge < -0.3 is 15.0 Å². The molecule has 0 bridgehead atoms. The topological polar surface area (TPSA) is 75.7 Å². The van der Waals surface area contributed by atoms with Crippen LogP contribution >= 0.6 is 0 Å². The van der Waals surface area contributed by atoms with Gasteiger partial charge in [0, 0.05) is 13.0 Å². The minimum Gasteiger partial charge on any atom is -0.455 e. The third kappa shape index (κ3) is 5.22. The van der Waals surface area contributed by atoms with Crippen LogP contribution in [0.4, 0.5) is 0 Å². The van der Waals surface area contributed by atoms with Gasteiger partial charge in [-0.3, -0.25) is 14.4 Å². The molecule has 0 aromatic heterocycles. The second-order valence-corrected chi connectivity index (χ2v) is 7.34. The van der Waals surface area contributed by atoms with E-state index in [-0.39, 0.29) is 36.9 Å². The van der Waals surface area contributed by atoms with E-state index in [2.05, 4.69) is 5.32 Å². The standard InChI is InChI=1S/C23H26N2O4/c1-16(18-9-5-3-6-10-18)24-21(26)15-29-23(28)20-13-22(27)25(14-20)17(2)19-11-7-4-8-12-19/h3-12,16-17,20H,13-15H2,1-2H3,(H,24,26)/t16-,17-,20+/m0/s1. The minimum atomic E-state index is -0.548. The summed E-state index contributed by atoms with van der Waals surface area (Å²) in [5.74, 6) is -1.50. The zero-order valence-corrected chi connectivity index (χ0v) is 16.7. The van der Waals surface area contributed by atoms with Crippen LogP contribution in [-0.2, 0) is 19.1 Å². The van der Waals surface area contributed by atoms with Gasteiger partial charge in [-0.05, 0) is 25.0 Å². The Morgan fingerprint density at radius 2 is 1.62 bits per heavy atom. The third-order valence-corrected chi connectivity index (χ3v) is 5.26. The summed E-state index contributed by atoms with van der Waals surface area (Å²) in [7, 11) is 0. The summed E-state index contributed by atoms with van der Waals surface area (Å²) >= 11 is 0. The third-order valence-electron chi connectivity index (χ3n) is 5.26. The number of likely N-dealkylation sites (tertiary alicyclic amines) is 1. The van der Waals surface area contributed by atoms with Crippen LogP contribution in [0.3, 0.4) is 0 Å². The summed E-state index contributed by atoms with van der Waals surface area (Å²) in [6.07, 6.45) is 0.109. The van der Waals surface area contributed by atoms with Crippen LogP contribution < -0.4 is 5.32 Å². The first-order chi connectivity index (χ1) is 14.0. The first-order valence-corrected chi connectivity index (χ1v) is 9.81. The number of nitrogens with zero attached hydrogens (tertiary/aromatic N) is 1. The van der Waals surface area contributed by atoms with Gasteiger partial charge in [-0.1, -0.05) is 60.7 Å². The summed E-state index contributed by atoms with van der Waals surface area (Å²) in [6, 6.07) is 18.9. The van der Waals surface area contributed by atoms with Gasteiger partial charge in [0.15, 0.2) is 6.61 Å². The molecule has 0 radical (unpaired) electrons. The maximum absolute atomic E-state index is 12.4. The fourth-order valence-electron chi connectivity index (χ4n) is 3.54. The van der Waals surface area contributed by atoms with Gasteiger partial charge in [0.25, 0.3) is 5.91 Å². The highest BCUT2D eigenvalue weighted by atomic mass is 16.5. The molecule has 29 heavy (non-hydrogen) atoms. The lowest BCUT2D eigenvalue weighted by Crippen LogP contribution is -2.33. The van der Waals surface area contributed by atoms with E-state index in [1.807, 2.05) is 74.5 Å². The summed E-state index contributed by atoms with van der Waals surface area (Å²) in [5, 5.41) is 2.81. The Labute approximate surface area is 170 Å². The van der Waals surface area contributed by atoms with Crippen molar-refractivity contribution in [2.45, 2.75) is 32.4 Å². The van der Waals surface area contributed by atoms with Crippen molar-refractivity contribution in [2.24, 2.45) is 5.92 Å². The van der Waals surface area contributed by atoms with E-state index in [9.17, 15) is 14.4 Å². The van der Waals surface area contributed by atoms with Crippen molar-refractivity contribution in [3.63, 3.8) is 0 Å². The number of hydrogen-bond donors (Lipinski definition) is 1. The van der Waals surface area contributed by atoms with Crippen molar-refractivity contribution in [2.75, 3.05) is 13.2 Å². The Balaban J connectivity index is 1.48. The van der Waals surface area contributed by atoms with E-state index >= 15 is 0 Å². The molecule has 1 aliphatic heterocycles. The highest BCUT2D eigenvalue weighted by Crippen LogP contribution is 2.29. The molecular formula is C23H26N2O4. The Hall–Kier alpha value is -3.15. The van der Waals surface area contributed by atoms with Crippen molar-refractivity contribution < 1.29 is 19.1 Å². The van der Waals surface area contributed by atoms with Crippen LogP contribution in [0.25, 0.3) is 0 Å². The Bertz CT molecular complexity index is 854. The zero-order chi connectivity index (χ0) is 20.8. The highest BCUT2D eigenvalue weighted by Gasteiger charge is 2.38. The molecule has 3 rings (SSSR count). The van der Waals surface area contributed by atoms with E-state index in [1.165, 1.54) is 0 Å². The van der Waals surface area contributed by atoms with Crippen molar-refractivity contribution in [3.05, 3.63) is 71.8 Å². The van der Waals surface area contributed by atoms with Crippen LogP contribution in [0.5, 0.6) is 0 Å². The molecule has 1 fully saturated rings. The lowest BCUT2D eigenvalue weighted by molar-refractivity contribution is -0.152. The van der Waals surface area contributed by atoms with Gasteiger partial charge in [0.1, 0.15) is 0 Å². The first kappa shape index (κ1) is 20.6. The van der Waals surface area contributed by atoms with Crippen LogP contribution in [-0.4, -0.2) is 35.8 Å². The molecule has 2 aromatic carbocycles. The molecule has 1 aliphatic rings. The van der Waals surface area contributed by atoms with Crippen LogP contribution in [0, 0.1) is 5.92 Å². The molecule has 2 aromatic rings. The fraction of sp³-hybridized carbons (Fsp3) is 0.348. The van der Waals surface area contributed by atoms with Gasteiger partial charge >= 0.3 is 5.97 Å². The molecule has 0 aliphatic carbocycles. The van der Waals surface area contributed by atoms with Gasteiger partial charge in [-0.2, -0.15) is 0 Å². The smallest absolute Gasteiger partial charge is 0.311 e. The Morgan fingerprint density at radius 3 is 2.24 bits per heavy atom. The zero-order valence-electron chi connectivity index (χ0n) is 16.7. The largest absolute Gasteiger partial charge is 0.455 e. The fourth-order valence-corrected chi connectivity index (χ4v) is 3.54. The predicted octanol–water partition coefficient (Wildman–Crippen LogP) is 3.02. The quantitative estimate of drug-likeness (QED) is 0.733. The molecular weight excluding hydrogens is 368 g/mol. The number of amides is 2. The number of carbonyl (C=O) groups excluding carboxylic acids is 3. The number of nitrogens with one attached hydrogen (secondary N) is 1. The average molecular weight is 394 g/mol. The number of esters is 1. The normalized spacial score (nSPS) is 18.2. The molecule has 1 saturated heterocycles. The second-order valence-electron chi connectivity index (χ2n) is 7.34. The Kier molecular flexibility index (Phi) is 6.65. The van der Waals surface area contributed by atoms with Gasteiger partial charge in [-0.15, -0.1) is 0 Å². The molecule has 3 atom stereocenters. The summed E-state index contributed by atoms with van der Waals surface area (Å²) in [5.41, 5.74) is 1.99. The molecule has 0 saturated carbocycles. The van der Waals surface area contributed by atoms with E-state index in [0.29, 0.717) is 6.54 Å². The summed E-state index contributed by atoms with van der Waals surface area (Å²) in [4.78, 5) is 38.6. The molecule has 1 N–H and O–H groups in total. The minimum absolute atomic E-state index is 0.0783. The first-order valence-electron chi connectivity index (χ1n) is 9.81. The van der Waals surface area contributed by atoms with Gasteiger partial charge in [0.2, 0.25) is 5.91 Å². The van der Waals surface area contributed by atoms with Crippen molar-refractivity contribution >= 4 is 17.8 Å². The summed E-state index contributed by atoms with van der Waals surface area (Å²) in [6.45, 7) is 3.76. The number of hydrogen-bond acceptors (Lipinski definition) is 4. The maximum atomic E-state index is 12.4. The predicted molar refractivity (Wildman–Crippen MR) is 109 cm³/mol. The maximum Gasteiger partial charge on any atom is 0.311 e. The molecule has 6 heteroatoms. The molecule has 2 amide bonds. The molecule has 0 spiro atoms. The van der Waals surface area contributed by atoms with Crippen molar-refractivity contribution in [1.82, 2.24) is 10.2 Å². The highest BCUT2D eigenvalue weighted by molar-refractivity contribution is 5.88. The molecule has 6 nitrogen and oxygen atoms in total. The van der Waals surface area contributed by atoms with Gasteiger partial charge in [-0.25, -0.2) is 0 Å². The van der Waals surface area contributed by atoms with Crippen LogP contribution in [0.2, 0.25) is 0 Å². The van der Waals surface area contributed by atoms with Crippen molar-refractivity contribution in [1.29, 1.82) is 0 Å². The molecule has 1 heterocycles. The Morgan fingerprint density at radius 1 is 1.03 bits per heavy atom. The molecule has 152 valence electrons. The van der Waals surface area contributed by atoms with Crippen molar-refractivity contribution in [3.8, 4) is 0 Å². The van der Waals surface area contributed by atoms with E-state index in [4.69, 9.17) is 4.74 Å². The number of carbonyl (C=O) groups is 3. The number of benzene rings is 2. The number of rotatable bonds is 7. The van der Waals surface area contributed by atoms with Crippen LogP contribution in [0.15, 0.2) is 60.7 Å². The van der Waals surface area contributed by atoms with E-state index in [1.54, 1.807) is 4.90 Å². The average Bonchev–Trinajstić information content (AvgIpc) is 3.14. The van der Waals surface area contributed by atoms with Crippen LogP contribution in [0.1, 0.15) is 43.5 Å². The van der Waals surface area contributed by atoms with E-state index in [0.717, 1.165) is 11.1 Å². The molecule has 0 unspecified atom stereocenters. The lowest BCUT2D eigenvalue weighted by Gasteiger charge is -2.25. The SMILES string of the molecule is C[C@H](NC(=O)COC(=O)[C@@H]1CC(=O)N([C@@H](C)c2ccccc2)C1)c1ccccc1. The summed E-state index contributed by atoms with van der Waals surface area (Å²) < 4.78 is 5.18. The number of ether oxygens (including phenoxy) is 1. The lowest BCUT2D eigenvalue weighted by atomic mass is 10.1. The van der Waals surface area contributed by atoms with Gasteiger partial charge in [0.05, 0.1) is 18.0 Å². The second kappa shape index (κ2) is 9.37.